The molecule has 0 unspecified atom stereocenters. The first kappa shape index (κ1) is 18.4. The van der Waals surface area contributed by atoms with E-state index in [1.165, 1.54) is 16.9 Å². The van der Waals surface area contributed by atoms with Gasteiger partial charge in [-0.1, -0.05) is 20.8 Å². The van der Waals surface area contributed by atoms with Crippen LogP contribution in [0.15, 0.2) is 36.8 Å². The lowest BCUT2D eigenvalue weighted by Gasteiger charge is -2.35. The van der Waals surface area contributed by atoms with Crippen LogP contribution in [0.25, 0.3) is 11.0 Å². The zero-order valence-corrected chi connectivity index (χ0v) is 17.5. The first-order chi connectivity index (χ1) is 14.0. The number of nitrogens with zero attached hydrogens (tertiary/aromatic N) is 3. The monoisotopic (exact) mass is 390 g/mol. The smallest absolute Gasteiger partial charge is 0.145 e. The Labute approximate surface area is 172 Å². The normalized spacial score (nSPS) is 18.4. The maximum atomic E-state index is 4.69. The zero-order chi connectivity index (χ0) is 20.1. The summed E-state index contributed by atoms with van der Waals surface area (Å²) in [7, 11) is 0. The van der Waals surface area contributed by atoms with Gasteiger partial charge in [-0.15, -0.1) is 0 Å². The van der Waals surface area contributed by atoms with Crippen LogP contribution in [-0.4, -0.2) is 41.1 Å². The average molecular weight is 391 g/mol. The highest BCUT2D eigenvalue weighted by Crippen LogP contribution is 2.50. The molecule has 0 bridgehead atoms. The summed E-state index contributed by atoms with van der Waals surface area (Å²) in [6.07, 6.45) is 5.92. The van der Waals surface area contributed by atoms with Gasteiger partial charge in [-0.05, 0) is 61.2 Å². The summed E-state index contributed by atoms with van der Waals surface area (Å²) in [5.74, 6) is 1.00. The SMILES string of the molecule is CC(C)(C)CNc1ccc2c(c1)C1(CCNCC1)CN2c1ncnc2[nH]ccc12. The highest BCUT2D eigenvalue weighted by Gasteiger charge is 2.44. The number of benzene rings is 1. The van der Waals surface area contributed by atoms with Crippen LogP contribution in [0.4, 0.5) is 17.2 Å². The van der Waals surface area contributed by atoms with Crippen molar-refractivity contribution in [3.8, 4) is 0 Å². The number of nitrogens with one attached hydrogen (secondary N) is 3. The molecular weight excluding hydrogens is 360 g/mol. The first-order valence-electron chi connectivity index (χ1n) is 10.6. The highest BCUT2D eigenvalue weighted by molar-refractivity contribution is 5.91. The van der Waals surface area contributed by atoms with Crippen molar-refractivity contribution in [2.24, 2.45) is 5.41 Å². The molecule has 0 radical (unpaired) electrons. The molecule has 0 atom stereocenters. The Hall–Kier alpha value is -2.60. The molecule has 3 N–H and O–H groups in total. The standard InChI is InChI=1S/C23H30N6/c1-22(2,3)13-26-16-4-5-19-18(12-16)23(7-10-24-11-8-23)14-29(19)21-17-6-9-25-20(17)27-15-28-21/h4-6,9,12,15,24,26H,7-8,10-11,13-14H2,1-3H3,(H,25,27,28). The van der Waals surface area contributed by atoms with Crippen LogP contribution in [0.3, 0.4) is 0 Å². The van der Waals surface area contributed by atoms with Gasteiger partial charge in [-0.25, -0.2) is 9.97 Å². The van der Waals surface area contributed by atoms with Gasteiger partial charge < -0.3 is 20.5 Å². The lowest BCUT2D eigenvalue weighted by molar-refractivity contribution is 0.329. The number of aromatic amines is 1. The predicted molar refractivity (Wildman–Crippen MR) is 119 cm³/mol. The molecule has 1 aromatic carbocycles. The number of hydrogen-bond donors (Lipinski definition) is 3. The molecule has 29 heavy (non-hydrogen) atoms. The van der Waals surface area contributed by atoms with Gasteiger partial charge in [0.2, 0.25) is 0 Å². The van der Waals surface area contributed by atoms with Crippen molar-refractivity contribution in [1.82, 2.24) is 20.3 Å². The summed E-state index contributed by atoms with van der Waals surface area (Å²) in [5.41, 5.74) is 5.28. The van der Waals surface area contributed by atoms with Gasteiger partial charge in [-0.3, -0.25) is 0 Å². The topological polar surface area (TPSA) is 68.9 Å². The third-order valence-electron chi connectivity index (χ3n) is 6.29. The number of aromatic nitrogens is 3. The van der Waals surface area contributed by atoms with E-state index in [2.05, 4.69) is 70.5 Å². The van der Waals surface area contributed by atoms with Gasteiger partial charge in [0.15, 0.2) is 0 Å². The molecule has 2 aliphatic heterocycles. The van der Waals surface area contributed by atoms with Crippen molar-refractivity contribution >= 4 is 28.2 Å². The molecule has 5 rings (SSSR count). The van der Waals surface area contributed by atoms with Crippen LogP contribution in [0.2, 0.25) is 0 Å². The van der Waals surface area contributed by atoms with E-state index in [1.807, 2.05) is 6.20 Å². The Morgan fingerprint density at radius 1 is 1.14 bits per heavy atom. The van der Waals surface area contributed by atoms with Crippen LogP contribution < -0.4 is 15.5 Å². The third-order valence-corrected chi connectivity index (χ3v) is 6.29. The molecule has 4 heterocycles. The highest BCUT2D eigenvalue weighted by atomic mass is 15.2. The molecule has 2 aliphatic rings. The van der Waals surface area contributed by atoms with Gasteiger partial charge in [0.1, 0.15) is 17.8 Å². The largest absolute Gasteiger partial charge is 0.385 e. The Bertz CT molecular complexity index is 1030. The van der Waals surface area contributed by atoms with Crippen molar-refractivity contribution in [1.29, 1.82) is 0 Å². The predicted octanol–water partition coefficient (Wildman–Crippen LogP) is 4.19. The maximum Gasteiger partial charge on any atom is 0.145 e. The van der Waals surface area contributed by atoms with E-state index in [0.717, 1.165) is 55.9 Å². The molecule has 0 saturated carbocycles. The molecule has 6 nitrogen and oxygen atoms in total. The summed E-state index contributed by atoms with van der Waals surface area (Å²) in [6, 6.07) is 8.96. The van der Waals surface area contributed by atoms with Crippen molar-refractivity contribution in [3.05, 3.63) is 42.4 Å². The number of piperidine rings is 1. The van der Waals surface area contributed by atoms with Crippen molar-refractivity contribution in [3.63, 3.8) is 0 Å². The second-order valence-corrected chi connectivity index (χ2v) is 9.70. The summed E-state index contributed by atoms with van der Waals surface area (Å²) >= 11 is 0. The molecule has 1 fully saturated rings. The van der Waals surface area contributed by atoms with Crippen molar-refractivity contribution in [2.75, 3.05) is 36.4 Å². The number of anilines is 3. The molecule has 0 aliphatic carbocycles. The second-order valence-electron chi connectivity index (χ2n) is 9.70. The summed E-state index contributed by atoms with van der Waals surface area (Å²) in [4.78, 5) is 14.7. The molecule has 152 valence electrons. The third kappa shape index (κ3) is 3.25. The number of rotatable bonds is 3. The Balaban J connectivity index is 1.58. The molecule has 0 amide bonds. The van der Waals surface area contributed by atoms with Crippen LogP contribution in [0, 0.1) is 5.41 Å². The van der Waals surface area contributed by atoms with E-state index in [9.17, 15) is 0 Å². The van der Waals surface area contributed by atoms with Gasteiger partial charge >= 0.3 is 0 Å². The van der Waals surface area contributed by atoms with Crippen LogP contribution in [0.5, 0.6) is 0 Å². The van der Waals surface area contributed by atoms with E-state index in [4.69, 9.17) is 4.98 Å². The quantitative estimate of drug-likeness (QED) is 0.626. The molecule has 1 spiro atoms. The second kappa shape index (κ2) is 6.73. The molecule has 6 heteroatoms. The lowest BCUT2D eigenvalue weighted by atomic mass is 9.74. The van der Waals surface area contributed by atoms with E-state index < -0.39 is 0 Å². The minimum atomic E-state index is 0.174. The fourth-order valence-corrected chi connectivity index (χ4v) is 4.74. The summed E-state index contributed by atoms with van der Waals surface area (Å²) in [5, 5.41) is 8.28. The van der Waals surface area contributed by atoms with Crippen LogP contribution in [-0.2, 0) is 5.41 Å². The van der Waals surface area contributed by atoms with E-state index in [0.29, 0.717) is 0 Å². The Morgan fingerprint density at radius 2 is 1.97 bits per heavy atom. The Kier molecular flexibility index (Phi) is 4.28. The van der Waals surface area contributed by atoms with Gasteiger partial charge in [-0.2, -0.15) is 0 Å². The minimum Gasteiger partial charge on any atom is -0.385 e. The number of hydrogen-bond acceptors (Lipinski definition) is 5. The summed E-state index contributed by atoms with van der Waals surface area (Å²) in [6.45, 7) is 10.9. The fraction of sp³-hybridized carbons (Fsp3) is 0.478. The maximum absolute atomic E-state index is 4.69. The van der Waals surface area contributed by atoms with Gasteiger partial charge in [0.25, 0.3) is 0 Å². The average Bonchev–Trinajstić information content (AvgIpc) is 3.30. The van der Waals surface area contributed by atoms with Crippen LogP contribution in [0.1, 0.15) is 39.2 Å². The lowest BCUT2D eigenvalue weighted by Crippen LogP contribution is -2.42. The molecular formula is C23H30N6. The molecule has 2 aromatic heterocycles. The first-order valence-corrected chi connectivity index (χ1v) is 10.6. The Morgan fingerprint density at radius 3 is 2.76 bits per heavy atom. The fourth-order valence-electron chi connectivity index (χ4n) is 4.74. The molecule has 3 aromatic rings. The number of fused-ring (bicyclic) bond motifs is 3. The van der Waals surface area contributed by atoms with Gasteiger partial charge in [0.05, 0.1) is 5.39 Å². The van der Waals surface area contributed by atoms with Crippen molar-refractivity contribution in [2.45, 2.75) is 39.0 Å². The van der Waals surface area contributed by atoms with E-state index in [1.54, 1.807) is 6.33 Å². The van der Waals surface area contributed by atoms with E-state index >= 15 is 0 Å². The molecule has 1 saturated heterocycles. The zero-order valence-electron chi connectivity index (χ0n) is 17.5. The van der Waals surface area contributed by atoms with Crippen LogP contribution >= 0.6 is 0 Å². The van der Waals surface area contributed by atoms with Gasteiger partial charge in [0, 0.05) is 36.1 Å². The van der Waals surface area contributed by atoms with Crippen molar-refractivity contribution < 1.29 is 0 Å². The number of H-pyrrole nitrogens is 1. The minimum absolute atomic E-state index is 0.174. The van der Waals surface area contributed by atoms with E-state index in [-0.39, 0.29) is 10.8 Å². The summed E-state index contributed by atoms with van der Waals surface area (Å²) < 4.78 is 0.